The van der Waals surface area contributed by atoms with E-state index in [1.54, 1.807) is 49.2 Å². The number of methoxy groups -OCH3 is 2. The minimum atomic E-state index is -0.529. The van der Waals surface area contributed by atoms with Crippen LogP contribution in [0.3, 0.4) is 0 Å². The van der Waals surface area contributed by atoms with Crippen LogP contribution in [0.25, 0.3) is 0 Å². The monoisotopic (exact) mass is 375 g/mol. The lowest BCUT2D eigenvalue weighted by Gasteiger charge is -2.12. The summed E-state index contributed by atoms with van der Waals surface area (Å²) in [5, 5.41) is 2.66. The van der Waals surface area contributed by atoms with E-state index in [2.05, 4.69) is 5.32 Å². The SMILES string of the molecule is CCSc1ccccc1C(=O)OCC(=O)Nc1ccc(OC)cc1OC. The molecule has 0 spiro atoms. The fourth-order valence-corrected chi connectivity index (χ4v) is 3.01. The summed E-state index contributed by atoms with van der Waals surface area (Å²) in [4.78, 5) is 25.2. The highest BCUT2D eigenvalue weighted by Crippen LogP contribution is 2.29. The van der Waals surface area contributed by atoms with Gasteiger partial charge in [-0.3, -0.25) is 4.79 Å². The molecule has 0 unspecified atom stereocenters. The summed E-state index contributed by atoms with van der Waals surface area (Å²) in [6.45, 7) is 1.61. The number of carbonyl (C=O) groups excluding carboxylic acids is 2. The average Bonchev–Trinajstić information content (AvgIpc) is 2.67. The molecule has 6 nitrogen and oxygen atoms in total. The Labute approximate surface area is 156 Å². The fraction of sp³-hybridized carbons (Fsp3) is 0.263. The number of nitrogens with one attached hydrogen (secondary N) is 1. The van der Waals surface area contributed by atoms with E-state index >= 15 is 0 Å². The van der Waals surface area contributed by atoms with Crippen LogP contribution < -0.4 is 14.8 Å². The summed E-state index contributed by atoms with van der Waals surface area (Å²) in [7, 11) is 3.04. The number of ether oxygens (including phenoxy) is 3. The first-order valence-corrected chi connectivity index (χ1v) is 8.98. The molecule has 0 aliphatic heterocycles. The number of hydrogen-bond donors (Lipinski definition) is 1. The van der Waals surface area contributed by atoms with Crippen LogP contribution in [0.15, 0.2) is 47.4 Å². The first-order chi connectivity index (χ1) is 12.6. The zero-order valence-corrected chi connectivity index (χ0v) is 15.7. The van der Waals surface area contributed by atoms with Gasteiger partial charge in [-0.15, -0.1) is 11.8 Å². The van der Waals surface area contributed by atoms with E-state index in [0.29, 0.717) is 22.7 Å². The third-order valence-corrected chi connectivity index (χ3v) is 4.38. The van der Waals surface area contributed by atoms with Crippen molar-refractivity contribution < 1.29 is 23.8 Å². The smallest absolute Gasteiger partial charge is 0.339 e. The van der Waals surface area contributed by atoms with Crippen molar-refractivity contribution in [1.29, 1.82) is 0 Å². The van der Waals surface area contributed by atoms with Gasteiger partial charge in [-0.25, -0.2) is 4.79 Å². The van der Waals surface area contributed by atoms with Crippen LogP contribution in [0, 0.1) is 0 Å². The maximum atomic E-state index is 12.2. The summed E-state index contributed by atoms with van der Waals surface area (Å²) < 4.78 is 15.5. The van der Waals surface area contributed by atoms with Crippen molar-refractivity contribution in [3.05, 3.63) is 48.0 Å². The van der Waals surface area contributed by atoms with E-state index in [9.17, 15) is 9.59 Å². The van der Waals surface area contributed by atoms with Crippen molar-refractivity contribution >= 4 is 29.3 Å². The van der Waals surface area contributed by atoms with Crippen LogP contribution in [-0.4, -0.2) is 38.5 Å². The molecule has 0 fully saturated rings. The van der Waals surface area contributed by atoms with Crippen LogP contribution in [0.4, 0.5) is 5.69 Å². The second-order valence-corrected chi connectivity index (χ2v) is 6.43. The fourth-order valence-electron chi connectivity index (χ4n) is 2.21. The molecule has 0 bridgehead atoms. The summed E-state index contributed by atoms with van der Waals surface area (Å²) in [5.41, 5.74) is 0.922. The second-order valence-electron chi connectivity index (χ2n) is 5.12. The summed E-state index contributed by atoms with van der Waals surface area (Å²) >= 11 is 1.55. The van der Waals surface area contributed by atoms with Gasteiger partial charge in [0.2, 0.25) is 0 Å². The van der Waals surface area contributed by atoms with Gasteiger partial charge in [-0.1, -0.05) is 19.1 Å². The molecule has 7 heteroatoms. The number of hydrogen-bond acceptors (Lipinski definition) is 6. The number of amides is 1. The lowest BCUT2D eigenvalue weighted by molar-refractivity contribution is -0.119. The third-order valence-electron chi connectivity index (χ3n) is 3.42. The summed E-state index contributed by atoms with van der Waals surface area (Å²) in [6.07, 6.45) is 0. The lowest BCUT2D eigenvalue weighted by atomic mass is 10.2. The number of benzene rings is 2. The first-order valence-electron chi connectivity index (χ1n) is 7.99. The highest BCUT2D eigenvalue weighted by Gasteiger charge is 2.15. The van der Waals surface area contributed by atoms with Crippen LogP contribution >= 0.6 is 11.8 Å². The quantitative estimate of drug-likeness (QED) is 0.561. The van der Waals surface area contributed by atoms with Gasteiger partial charge in [-0.05, 0) is 30.0 Å². The number of esters is 1. The topological polar surface area (TPSA) is 73.9 Å². The number of rotatable bonds is 8. The molecule has 0 aromatic heterocycles. The molecule has 0 aliphatic carbocycles. The van der Waals surface area contributed by atoms with Gasteiger partial charge in [0, 0.05) is 11.0 Å². The third kappa shape index (κ3) is 5.16. The minimum Gasteiger partial charge on any atom is -0.497 e. The summed E-state index contributed by atoms with van der Waals surface area (Å²) in [5.74, 6) is 0.910. The van der Waals surface area contributed by atoms with Crippen molar-refractivity contribution in [2.75, 3.05) is 31.9 Å². The first kappa shape index (κ1) is 19.7. The van der Waals surface area contributed by atoms with Crippen LogP contribution in [0.5, 0.6) is 11.5 Å². The molecular formula is C19H21NO5S. The largest absolute Gasteiger partial charge is 0.497 e. The molecule has 2 rings (SSSR count). The van der Waals surface area contributed by atoms with Crippen molar-refractivity contribution in [2.24, 2.45) is 0 Å². The van der Waals surface area contributed by atoms with E-state index in [4.69, 9.17) is 14.2 Å². The van der Waals surface area contributed by atoms with E-state index in [1.807, 2.05) is 19.1 Å². The minimum absolute atomic E-state index is 0.390. The highest BCUT2D eigenvalue weighted by atomic mass is 32.2. The second kappa shape index (κ2) is 9.72. The zero-order valence-electron chi connectivity index (χ0n) is 14.9. The molecule has 26 heavy (non-hydrogen) atoms. The highest BCUT2D eigenvalue weighted by molar-refractivity contribution is 7.99. The van der Waals surface area contributed by atoms with Gasteiger partial charge in [0.25, 0.3) is 5.91 Å². The number of anilines is 1. The van der Waals surface area contributed by atoms with Crippen LogP contribution in [0.1, 0.15) is 17.3 Å². The van der Waals surface area contributed by atoms with Crippen LogP contribution in [0.2, 0.25) is 0 Å². The Hall–Kier alpha value is -2.67. The van der Waals surface area contributed by atoms with E-state index in [0.717, 1.165) is 10.6 Å². The Morgan fingerprint density at radius 1 is 1.08 bits per heavy atom. The van der Waals surface area contributed by atoms with Gasteiger partial charge >= 0.3 is 5.97 Å². The normalized spacial score (nSPS) is 10.1. The molecule has 138 valence electrons. The van der Waals surface area contributed by atoms with Gasteiger partial charge in [0.05, 0.1) is 25.5 Å². The molecular weight excluding hydrogens is 354 g/mol. The Balaban J connectivity index is 1.98. The molecule has 0 heterocycles. The van der Waals surface area contributed by atoms with E-state index < -0.39 is 11.9 Å². The molecule has 0 radical (unpaired) electrons. The molecule has 1 N–H and O–H groups in total. The molecule has 0 saturated carbocycles. The van der Waals surface area contributed by atoms with Crippen molar-refractivity contribution in [3.8, 4) is 11.5 Å². The summed E-state index contributed by atoms with van der Waals surface area (Å²) in [6, 6.07) is 12.2. The maximum absolute atomic E-state index is 12.2. The lowest BCUT2D eigenvalue weighted by Crippen LogP contribution is -2.21. The van der Waals surface area contributed by atoms with Gasteiger partial charge < -0.3 is 19.5 Å². The Morgan fingerprint density at radius 3 is 2.54 bits per heavy atom. The van der Waals surface area contributed by atoms with Crippen molar-refractivity contribution in [2.45, 2.75) is 11.8 Å². The molecule has 1 amide bonds. The van der Waals surface area contributed by atoms with E-state index in [1.165, 1.54) is 7.11 Å². The van der Waals surface area contributed by atoms with Gasteiger partial charge in [-0.2, -0.15) is 0 Å². The number of thioether (sulfide) groups is 1. The van der Waals surface area contributed by atoms with Gasteiger partial charge in [0.15, 0.2) is 6.61 Å². The predicted molar refractivity (Wildman–Crippen MR) is 101 cm³/mol. The Bertz CT molecular complexity index is 778. The maximum Gasteiger partial charge on any atom is 0.339 e. The van der Waals surface area contributed by atoms with Crippen molar-refractivity contribution in [1.82, 2.24) is 0 Å². The van der Waals surface area contributed by atoms with Crippen molar-refractivity contribution in [3.63, 3.8) is 0 Å². The standard InChI is InChI=1S/C19H21NO5S/c1-4-26-17-8-6-5-7-14(17)19(22)25-12-18(21)20-15-10-9-13(23-2)11-16(15)24-3/h5-11H,4,12H2,1-3H3,(H,20,21). The zero-order chi connectivity index (χ0) is 18.9. The molecule has 0 aliphatic rings. The van der Waals surface area contributed by atoms with Gasteiger partial charge in [0.1, 0.15) is 11.5 Å². The number of carbonyl (C=O) groups is 2. The van der Waals surface area contributed by atoms with Crippen LogP contribution in [-0.2, 0) is 9.53 Å². The molecule has 0 atom stereocenters. The predicted octanol–water partition coefficient (Wildman–Crippen LogP) is 3.61. The van der Waals surface area contributed by atoms with E-state index in [-0.39, 0.29) is 6.61 Å². The Kier molecular flexibility index (Phi) is 7.35. The molecule has 2 aromatic carbocycles. The average molecular weight is 375 g/mol. The Morgan fingerprint density at radius 2 is 1.85 bits per heavy atom. The molecule has 0 saturated heterocycles. The molecule has 2 aromatic rings.